The molecule has 0 aliphatic rings. The van der Waals surface area contributed by atoms with Crippen molar-refractivity contribution < 1.29 is 24.5 Å². The van der Waals surface area contributed by atoms with Crippen molar-refractivity contribution in [3.8, 4) is 0 Å². The van der Waals surface area contributed by atoms with Crippen molar-refractivity contribution >= 4 is 11.9 Å². The van der Waals surface area contributed by atoms with Gasteiger partial charge < -0.3 is 20.3 Å². The second kappa shape index (κ2) is 60.0. The van der Waals surface area contributed by atoms with Crippen LogP contribution in [0.4, 0.5) is 0 Å². The predicted molar refractivity (Wildman–Crippen MR) is 315 cm³/mol. The maximum absolute atomic E-state index is 13.3. The molecule has 0 saturated carbocycles. The molecule has 0 aromatic heterocycles. The monoisotopic (exact) mass is 1010 g/mol. The second-order valence-corrected chi connectivity index (χ2v) is 22.2. The lowest BCUT2D eigenvalue weighted by Gasteiger charge is -2.24. The Morgan fingerprint density at radius 1 is 0.403 bits per heavy atom. The highest BCUT2D eigenvalue weighted by Gasteiger charge is 2.24. The van der Waals surface area contributed by atoms with E-state index in [0.717, 1.165) is 77.0 Å². The first kappa shape index (κ1) is 70.1. The van der Waals surface area contributed by atoms with E-state index in [-0.39, 0.29) is 24.9 Å². The molecule has 0 bridgehead atoms. The minimum Gasteiger partial charge on any atom is -0.462 e. The van der Waals surface area contributed by atoms with Crippen LogP contribution in [-0.4, -0.2) is 46.9 Å². The average molecular weight is 1010 g/mol. The van der Waals surface area contributed by atoms with Crippen molar-refractivity contribution in [1.82, 2.24) is 5.32 Å². The number of rotatable bonds is 59. The Kier molecular flexibility index (Phi) is 58.4. The fourth-order valence-corrected chi connectivity index (χ4v) is 10.1. The molecule has 424 valence electrons. The van der Waals surface area contributed by atoms with Gasteiger partial charge in [0.25, 0.3) is 0 Å². The van der Waals surface area contributed by atoms with Gasteiger partial charge in [-0.15, -0.1) is 0 Å². The number of allylic oxidation sites excluding steroid dienone is 6. The predicted octanol–water partition coefficient (Wildman–Crippen LogP) is 20.4. The van der Waals surface area contributed by atoms with Gasteiger partial charge in [0.05, 0.1) is 25.2 Å². The zero-order valence-corrected chi connectivity index (χ0v) is 48.6. The van der Waals surface area contributed by atoms with E-state index in [2.05, 4.69) is 62.5 Å². The van der Waals surface area contributed by atoms with E-state index in [4.69, 9.17) is 4.74 Å². The number of amides is 1. The lowest BCUT2D eigenvalue weighted by Crippen LogP contribution is -2.46. The smallest absolute Gasteiger partial charge is 0.306 e. The van der Waals surface area contributed by atoms with Crippen molar-refractivity contribution in [2.24, 2.45) is 0 Å². The zero-order valence-electron chi connectivity index (χ0n) is 48.6. The summed E-state index contributed by atoms with van der Waals surface area (Å²) in [5.74, 6) is -0.474. The molecule has 3 atom stereocenters. The van der Waals surface area contributed by atoms with Crippen LogP contribution >= 0.6 is 0 Å². The van der Waals surface area contributed by atoms with Gasteiger partial charge in [-0.2, -0.15) is 0 Å². The molecule has 1 amide bonds. The molecule has 0 radical (unpaired) electrons. The Morgan fingerprint density at radius 2 is 0.708 bits per heavy atom. The molecule has 0 rings (SSSR count). The summed E-state index contributed by atoms with van der Waals surface area (Å²) in [5.41, 5.74) is 0. The number of esters is 1. The Balaban J connectivity index is 4.53. The van der Waals surface area contributed by atoms with Gasteiger partial charge >= 0.3 is 5.97 Å². The lowest BCUT2D eigenvalue weighted by atomic mass is 10.0. The molecule has 6 heteroatoms. The Hall–Kier alpha value is -1.92. The minimum absolute atomic E-state index is 0.0676. The molecule has 0 spiro atoms. The molecular weight excluding hydrogens is 887 g/mol. The standard InChI is InChI=1S/C66H125NO5/c1-4-7-10-13-16-19-22-25-28-31-32-35-38-41-44-47-50-53-56-59-66(71)72-62(57-54-51-48-45-42-39-36-33-29-26-23-20-17-14-11-8-5-2)60-65(70)67-63(61-68)64(69)58-55-52-49-46-43-40-37-34-30-27-24-21-18-15-12-9-6-3/h17,20,26,29,36,39,62-64,68-69H,4-16,18-19,21-25,27-28,30-35,37-38,40-61H2,1-3H3,(H,67,70)/b20-17-,29-26-,39-36-. The molecule has 0 aromatic carbocycles. The summed E-state index contributed by atoms with van der Waals surface area (Å²) in [6.45, 7) is 6.51. The van der Waals surface area contributed by atoms with E-state index in [1.54, 1.807) is 0 Å². The number of carbonyl (C=O) groups excluding carboxylic acids is 2. The first-order chi connectivity index (χ1) is 35.5. The molecule has 0 saturated heterocycles. The highest BCUT2D eigenvalue weighted by atomic mass is 16.5. The van der Waals surface area contributed by atoms with E-state index in [1.165, 1.54) is 225 Å². The SMILES string of the molecule is CCCCC/C=C\C/C=C\C/C=C\CCCCCCC(CC(=O)NC(CO)C(O)CCCCCCCCCCCCCCCCCCC)OC(=O)CCCCCCCCCCCCCCCCCCCCC. The quantitative estimate of drug-likeness (QED) is 0.0320. The summed E-state index contributed by atoms with van der Waals surface area (Å²) < 4.78 is 5.98. The van der Waals surface area contributed by atoms with Crippen LogP contribution in [-0.2, 0) is 14.3 Å². The van der Waals surface area contributed by atoms with Gasteiger partial charge in [0, 0.05) is 6.42 Å². The molecular formula is C66H125NO5. The summed E-state index contributed by atoms with van der Waals surface area (Å²) >= 11 is 0. The molecule has 0 aliphatic heterocycles. The van der Waals surface area contributed by atoms with Crippen LogP contribution in [0.15, 0.2) is 36.5 Å². The number of aliphatic hydroxyl groups excluding tert-OH is 2. The highest BCUT2D eigenvalue weighted by Crippen LogP contribution is 2.19. The number of carbonyl (C=O) groups is 2. The van der Waals surface area contributed by atoms with Crippen LogP contribution in [0.25, 0.3) is 0 Å². The third-order valence-electron chi connectivity index (χ3n) is 15.0. The Bertz CT molecular complexity index is 1180. The van der Waals surface area contributed by atoms with Crippen LogP contribution < -0.4 is 5.32 Å². The normalized spacial score (nSPS) is 13.2. The number of hydrogen-bond donors (Lipinski definition) is 3. The maximum Gasteiger partial charge on any atom is 0.306 e. The molecule has 0 fully saturated rings. The molecule has 3 N–H and O–H groups in total. The fraction of sp³-hybridized carbons (Fsp3) is 0.879. The van der Waals surface area contributed by atoms with Crippen LogP contribution in [0, 0.1) is 0 Å². The van der Waals surface area contributed by atoms with Crippen LogP contribution in [0.2, 0.25) is 0 Å². The van der Waals surface area contributed by atoms with E-state index in [9.17, 15) is 19.8 Å². The number of aliphatic hydroxyl groups is 2. The number of nitrogens with one attached hydrogen (secondary N) is 1. The van der Waals surface area contributed by atoms with Gasteiger partial charge in [-0.05, 0) is 64.2 Å². The largest absolute Gasteiger partial charge is 0.462 e. The van der Waals surface area contributed by atoms with Crippen molar-refractivity contribution in [3.63, 3.8) is 0 Å². The van der Waals surface area contributed by atoms with E-state index in [0.29, 0.717) is 19.3 Å². The summed E-state index contributed by atoms with van der Waals surface area (Å²) in [6, 6.07) is -0.708. The first-order valence-corrected chi connectivity index (χ1v) is 32.2. The van der Waals surface area contributed by atoms with E-state index >= 15 is 0 Å². The number of ether oxygens (including phenoxy) is 1. The van der Waals surface area contributed by atoms with Crippen molar-refractivity contribution in [2.45, 2.75) is 366 Å². The molecule has 72 heavy (non-hydrogen) atoms. The zero-order chi connectivity index (χ0) is 52.3. The highest BCUT2D eigenvalue weighted by molar-refractivity contribution is 5.77. The van der Waals surface area contributed by atoms with E-state index in [1.807, 2.05) is 0 Å². The van der Waals surface area contributed by atoms with Gasteiger partial charge in [-0.25, -0.2) is 0 Å². The average Bonchev–Trinajstić information content (AvgIpc) is 3.37. The maximum atomic E-state index is 13.3. The summed E-state index contributed by atoms with van der Waals surface area (Å²) in [4.78, 5) is 26.4. The van der Waals surface area contributed by atoms with Gasteiger partial charge in [0.2, 0.25) is 5.91 Å². The fourth-order valence-electron chi connectivity index (χ4n) is 10.1. The van der Waals surface area contributed by atoms with Crippen molar-refractivity contribution in [2.75, 3.05) is 6.61 Å². The number of unbranched alkanes of at least 4 members (excludes halogenated alkanes) is 41. The third-order valence-corrected chi connectivity index (χ3v) is 15.0. The van der Waals surface area contributed by atoms with E-state index < -0.39 is 18.2 Å². The topological polar surface area (TPSA) is 95.9 Å². The van der Waals surface area contributed by atoms with Crippen LogP contribution in [0.5, 0.6) is 0 Å². The molecule has 3 unspecified atom stereocenters. The molecule has 6 nitrogen and oxygen atoms in total. The Labute approximate surface area is 449 Å². The minimum atomic E-state index is -0.794. The molecule has 0 heterocycles. The van der Waals surface area contributed by atoms with Gasteiger partial charge in [-0.3, -0.25) is 9.59 Å². The third kappa shape index (κ3) is 54.3. The molecule has 0 aromatic rings. The molecule has 0 aliphatic carbocycles. The lowest BCUT2D eigenvalue weighted by molar-refractivity contribution is -0.151. The summed E-state index contributed by atoms with van der Waals surface area (Å²) in [7, 11) is 0. The van der Waals surface area contributed by atoms with Gasteiger partial charge in [-0.1, -0.05) is 308 Å². The van der Waals surface area contributed by atoms with Crippen molar-refractivity contribution in [1.29, 1.82) is 0 Å². The first-order valence-electron chi connectivity index (χ1n) is 32.2. The van der Waals surface area contributed by atoms with Crippen LogP contribution in [0.3, 0.4) is 0 Å². The van der Waals surface area contributed by atoms with Crippen molar-refractivity contribution in [3.05, 3.63) is 36.5 Å². The second-order valence-electron chi connectivity index (χ2n) is 22.2. The summed E-state index contributed by atoms with van der Waals surface area (Å²) in [6.07, 6.45) is 73.6. The van der Waals surface area contributed by atoms with Crippen LogP contribution in [0.1, 0.15) is 348 Å². The Morgan fingerprint density at radius 3 is 1.10 bits per heavy atom. The number of hydrogen-bond acceptors (Lipinski definition) is 5. The van der Waals surface area contributed by atoms with Gasteiger partial charge in [0.1, 0.15) is 6.10 Å². The van der Waals surface area contributed by atoms with Gasteiger partial charge in [0.15, 0.2) is 0 Å². The summed E-state index contributed by atoms with van der Waals surface area (Å²) in [5, 5.41) is 24.0.